The Bertz CT molecular complexity index is 1340. The van der Waals surface area contributed by atoms with Gasteiger partial charge in [-0.05, 0) is 55.5 Å². The molecule has 0 spiro atoms. The second-order valence-electron chi connectivity index (χ2n) is 7.83. The minimum absolute atomic E-state index is 0.0269. The Morgan fingerprint density at radius 3 is 2.62 bits per heavy atom. The van der Waals surface area contributed by atoms with Crippen LogP contribution in [0.15, 0.2) is 59.4 Å². The lowest BCUT2D eigenvalue weighted by atomic mass is 10.1. The normalized spacial score (nSPS) is 12.8. The number of thiophene rings is 1. The first-order valence-corrected chi connectivity index (χ1v) is 11.5. The average molecular weight is 447 g/mol. The smallest absolute Gasteiger partial charge is 0.335 e. The number of benzene rings is 2. The maximum absolute atomic E-state index is 13.5. The molecule has 0 saturated carbocycles. The van der Waals surface area contributed by atoms with Crippen molar-refractivity contribution in [1.82, 2.24) is 9.55 Å². The number of hydrogen-bond acceptors (Lipinski definition) is 5. The number of aromatic nitrogens is 2. The van der Waals surface area contributed by atoms with Gasteiger partial charge in [0.25, 0.3) is 5.56 Å². The van der Waals surface area contributed by atoms with Crippen molar-refractivity contribution in [2.24, 2.45) is 0 Å². The van der Waals surface area contributed by atoms with Crippen molar-refractivity contribution in [2.45, 2.75) is 32.2 Å². The predicted molar refractivity (Wildman–Crippen MR) is 125 cm³/mol. The molecule has 32 heavy (non-hydrogen) atoms. The van der Waals surface area contributed by atoms with Crippen LogP contribution in [0.2, 0.25) is 0 Å². The van der Waals surface area contributed by atoms with Crippen molar-refractivity contribution in [3.63, 3.8) is 0 Å². The zero-order chi connectivity index (χ0) is 22.1. The van der Waals surface area contributed by atoms with Gasteiger partial charge in [-0.3, -0.25) is 9.36 Å². The van der Waals surface area contributed by atoms with Crippen LogP contribution in [0.25, 0.3) is 21.6 Å². The van der Waals surface area contributed by atoms with Gasteiger partial charge in [-0.1, -0.05) is 30.3 Å². The minimum atomic E-state index is -0.966. The minimum Gasteiger partial charge on any atom is -0.494 e. The molecule has 1 aliphatic rings. The Labute approximate surface area is 188 Å². The highest BCUT2D eigenvalue weighted by Crippen LogP contribution is 2.35. The molecule has 4 aromatic rings. The van der Waals surface area contributed by atoms with Crippen LogP contribution in [-0.2, 0) is 19.4 Å². The fourth-order valence-electron chi connectivity index (χ4n) is 4.20. The number of carboxylic acids is 1. The van der Waals surface area contributed by atoms with Crippen molar-refractivity contribution in [3.8, 4) is 17.1 Å². The summed E-state index contributed by atoms with van der Waals surface area (Å²) < 4.78 is 7.55. The fourth-order valence-corrected chi connectivity index (χ4v) is 5.45. The molecule has 0 bridgehead atoms. The summed E-state index contributed by atoms with van der Waals surface area (Å²) in [6.07, 6.45) is 3.71. The number of fused-ring (bicyclic) bond motifs is 3. The van der Waals surface area contributed by atoms with Gasteiger partial charge in [0.15, 0.2) is 0 Å². The molecule has 7 heteroatoms. The molecule has 0 fully saturated rings. The third-order valence-corrected chi connectivity index (χ3v) is 6.94. The number of ether oxygens (including phenoxy) is 1. The fraction of sp³-hybridized carbons (Fsp3) is 0.240. The number of aryl methyl sites for hydroxylation is 2. The van der Waals surface area contributed by atoms with Gasteiger partial charge in [-0.15, -0.1) is 11.3 Å². The van der Waals surface area contributed by atoms with Crippen LogP contribution >= 0.6 is 11.3 Å². The lowest BCUT2D eigenvalue weighted by Crippen LogP contribution is -2.24. The van der Waals surface area contributed by atoms with Crippen LogP contribution in [0.5, 0.6) is 5.75 Å². The highest BCUT2D eigenvalue weighted by molar-refractivity contribution is 7.18. The quantitative estimate of drug-likeness (QED) is 0.413. The molecule has 5 rings (SSSR count). The number of carboxylic acid groups (broad SMARTS) is 1. The molecular formula is C25H22N2O4S. The summed E-state index contributed by atoms with van der Waals surface area (Å²) in [5, 5.41) is 9.79. The van der Waals surface area contributed by atoms with E-state index in [4.69, 9.17) is 14.8 Å². The van der Waals surface area contributed by atoms with Crippen molar-refractivity contribution in [3.05, 3.63) is 81.0 Å². The zero-order valence-corrected chi connectivity index (χ0v) is 18.2. The lowest BCUT2D eigenvalue weighted by Gasteiger charge is -2.13. The zero-order valence-electron chi connectivity index (χ0n) is 17.4. The summed E-state index contributed by atoms with van der Waals surface area (Å²) in [6, 6.07) is 16.1. The number of hydrogen-bond donors (Lipinski definition) is 1. The van der Waals surface area contributed by atoms with Gasteiger partial charge >= 0.3 is 5.97 Å². The van der Waals surface area contributed by atoms with Crippen molar-refractivity contribution in [1.29, 1.82) is 0 Å². The SMILES string of the molecule is O=C(O)c1ccc(OCCCn2c(-c3ccccc3)nc3sc4c(c3c2=O)CCC4)cc1. The van der Waals surface area contributed by atoms with E-state index in [1.165, 1.54) is 22.6 Å². The molecular weight excluding hydrogens is 424 g/mol. The first-order valence-electron chi connectivity index (χ1n) is 10.7. The summed E-state index contributed by atoms with van der Waals surface area (Å²) in [5.41, 5.74) is 2.36. The lowest BCUT2D eigenvalue weighted by molar-refractivity contribution is 0.0697. The predicted octanol–water partition coefficient (Wildman–Crippen LogP) is 4.78. The van der Waals surface area contributed by atoms with E-state index >= 15 is 0 Å². The molecule has 1 aliphatic carbocycles. The van der Waals surface area contributed by atoms with E-state index in [1.807, 2.05) is 30.3 Å². The van der Waals surface area contributed by atoms with E-state index in [2.05, 4.69) is 0 Å². The van der Waals surface area contributed by atoms with Crippen LogP contribution in [0.3, 0.4) is 0 Å². The Hall–Kier alpha value is -3.45. The highest BCUT2D eigenvalue weighted by atomic mass is 32.1. The molecule has 0 saturated heterocycles. The number of nitrogens with zero attached hydrogens (tertiary/aromatic N) is 2. The topological polar surface area (TPSA) is 81.4 Å². The highest BCUT2D eigenvalue weighted by Gasteiger charge is 2.23. The molecule has 0 amide bonds. The van der Waals surface area contributed by atoms with E-state index in [0.29, 0.717) is 31.1 Å². The number of aromatic carboxylic acids is 1. The average Bonchev–Trinajstić information content (AvgIpc) is 3.39. The van der Waals surface area contributed by atoms with Gasteiger partial charge in [0.2, 0.25) is 0 Å². The second kappa shape index (κ2) is 8.59. The summed E-state index contributed by atoms with van der Waals surface area (Å²) in [7, 11) is 0. The van der Waals surface area contributed by atoms with E-state index < -0.39 is 5.97 Å². The van der Waals surface area contributed by atoms with Gasteiger partial charge in [-0.2, -0.15) is 0 Å². The third-order valence-electron chi connectivity index (χ3n) is 5.75. The van der Waals surface area contributed by atoms with Crippen LogP contribution < -0.4 is 10.3 Å². The Morgan fingerprint density at radius 1 is 1.09 bits per heavy atom. The molecule has 1 N–H and O–H groups in total. The number of carbonyl (C=O) groups is 1. The molecule has 0 aliphatic heterocycles. The van der Waals surface area contributed by atoms with E-state index in [9.17, 15) is 9.59 Å². The summed E-state index contributed by atoms with van der Waals surface area (Å²) in [4.78, 5) is 31.6. The molecule has 162 valence electrons. The summed E-state index contributed by atoms with van der Waals surface area (Å²) in [5.74, 6) is 0.330. The Morgan fingerprint density at radius 2 is 1.88 bits per heavy atom. The molecule has 0 radical (unpaired) electrons. The van der Waals surface area contributed by atoms with Crippen molar-refractivity contribution >= 4 is 27.5 Å². The largest absolute Gasteiger partial charge is 0.494 e. The van der Waals surface area contributed by atoms with E-state index in [1.54, 1.807) is 28.0 Å². The number of rotatable bonds is 7. The maximum Gasteiger partial charge on any atom is 0.335 e. The van der Waals surface area contributed by atoms with Crippen LogP contribution in [0.1, 0.15) is 33.6 Å². The van der Waals surface area contributed by atoms with Crippen LogP contribution in [-0.4, -0.2) is 27.2 Å². The maximum atomic E-state index is 13.5. The molecule has 6 nitrogen and oxygen atoms in total. The van der Waals surface area contributed by atoms with Gasteiger partial charge in [0.05, 0.1) is 17.6 Å². The van der Waals surface area contributed by atoms with Crippen molar-refractivity contribution < 1.29 is 14.6 Å². The van der Waals surface area contributed by atoms with E-state index in [0.717, 1.165) is 35.0 Å². The Balaban J connectivity index is 1.41. The van der Waals surface area contributed by atoms with Gasteiger partial charge in [0, 0.05) is 17.0 Å². The summed E-state index contributed by atoms with van der Waals surface area (Å²) in [6.45, 7) is 0.900. The second-order valence-corrected chi connectivity index (χ2v) is 8.91. The molecule has 2 aromatic heterocycles. The van der Waals surface area contributed by atoms with Crippen LogP contribution in [0.4, 0.5) is 0 Å². The van der Waals surface area contributed by atoms with Crippen LogP contribution in [0, 0.1) is 0 Å². The monoisotopic (exact) mass is 446 g/mol. The summed E-state index contributed by atoms with van der Waals surface area (Å²) >= 11 is 1.66. The van der Waals surface area contributed by atoms with E-state index in [-0.39, 0.29) is 11.1 Å². The Kier molecular flexibility index (Phi) is 5.49. The van der Waals surface area contributed by atoms with Gasteiger partial charge < -0.3 is 9.84 Å². The van der Waals surface area contributed by atoms with Gasteiger partial charge in [-0.25, -0.2) is 9.78 Å². The van der Waals surface area contributed by atoms with Crippen molar-refractivity contribution in [2.75, 3.05) is 6.61 Å². The first-order chi connectivity index (χ1) is 15.6. The molecule has 2 heterocycles. The molecule has 0 unspecified atom stereocenters. The standard InChI is InChI=1S/C25H22N2O4S/c28-24-21-19-8-4-9-20(19)32-23(21)26-22(16-6-2-1-3-7-16)27(24)14-5-15-31-18-12-10-17(11-13-18)25(29)30/h1-3,6-7,10-13H,4-5,8-9,14-15H2,(H,29,30). The molecule has 0 atom stereocenters. The molecule has 2 aromatic carbocycles. The first kappa shape index (κ1) is 20.5. The third kappa shape index (κ3) is 3.80. The van der Waals surface area contributed by atoms with Gasteiger partial charge in [0.1, 0.15) is 16.4 Å².